The van der Waals surface area contributed by atoms with Crippen LogP contribution in [0.15, 0.2) is 54.7 Å². The van der Waals surface area contributed by atoms with Crippen molar-refractivity contribution in [1.82, 2.24) is 4.57 Å². The molecule has 0 aliphatic heterocycles. The van der Waals surface area contributed by atoms with Gasteiger partial charge < -0.3 is 19.4 Å². The van der Waals surface area contributed by atoms with Crippen molar-refractivity contribution in [3.05, 3.63) is 60.3 Å². The summed E-state index contributed by atoms with van der Waals surface area (Å²) in [5.74, 6) is 0.933. The van der Waals surface area contributed by atoms with Crippen molar-refractivity contribution in [2.24, 2.45) is 0 Å². The predicted octanol–water partition coefficient (Wildman–Crippen LogP) is 4.22. The molecule has 0 fully saturated rings. The van der Waals surface area contributed by atoms with E-state index in [2.05, 4.69) is 11.4 Å². The highest BCUT2D eigenvalue weighted by molar-refractivity contribution is 6.03. The Morgan fingerprint density at radius 3 is 2.57 bits per heavy atom. The molecule has 142 valence electrons. The van der Waals surface area contributed by atoms with Crippen molar-refractivity contribution >= 4 is 28.6 Å². The van der Waals surface area contributed by atoms with Crippen LogP contribution in [0.25, 0.3) is 17.0 Å². The summed E-state index contributed by atoms with van der Waals surface area (Å²) >= 11 is 0. The molecule has 0 aliphatic rings. The molecular weight excluding hydrogens is 354 g/mol. The number of carbonyl (C=O) groups is 1. The van der Waals surface area contributed by atoms with Crippen LogP contribution < -0.4 is 14.8 Å². The minimum Gasteiger partial charge on any atom is -0.497 e. The van der Waals surface area contributed by atoms with Gasteiger partial charge in [0.15, 0.2) is 0 Å². The number of hydrogen-bond acceptors (Lipinski definition) is 4. The van der Waals surface area contributed by atoms with Crippen LogP contribution in [0.3, 0.4) is 0 Å². The van der Waals surface area contributed by atoms with Gasteiger partial charge in [0.1, 0.15) is 11.5 Å². The third-order valence-corrected chi connectivity index (χ3v) is 4.32. The summed E-state index contributed by atoms with van der Waals surface area (Å²) in [5, 5.41) is 12.7. The number of anilines is 1. The summed E-state index contributed by atoms with van der Waals surface area (Å²) in [4.78, 5) is 12.4. The lowest BCUT2D eigenvalue weighted by Crippen LogP contribution is -2.08. The second kappa shape index (κ2) is 8.78. The Labute approximate surface area is 163 Å². The first-order valence-electron chi connectivity index (χ1n) is 8.81. The maximum atomic E-state index is 12.4. The zero-order chi connectivity index (χ0) is 19.9. The van der Waals surface area contributed by atoms with E-state index in [9.17, 15) is 4.79 Å². The molecule has 0 bridgehead atoms. The lowest BCUT2D eigenvalue weighted by Gasteiger charge is -2.08. The van der Waals surface area contributed by atoms with E-state index in [-0.39, 0.29) is 5.91 Å². The standard InChI is InChI=1S/C22H21N3O3/c1-27-18-12-17(13-19(14-18)28-2)24-22(26)9-8-16-15-25(11-5-10-23)21-7-4-3-6-20(16)21/h3-4,6-9,12-15H,5,11H2,1-2H3,(H,24,26)/b9-8+. The fraction of sp³-hybridized carbons (Fsp3) is 0.182. The van der Waals surface area contributed by atoms with Gasteiger partial charge >= 0.3 is 0 Å². The first-order valence-corrected chi connectivity index (χ1v) is 8.81. The summed E-state index contributed by atoms with van der Waals surface area (Å²) in [5.41, 5.74) is 2.55. The third-order valence-electron chi connectivity index (χ3n) is 4.32. The molecule has 2 aromatic carbocycles. The Morgan fingerprint density at radius 2 is 1.89 bits per heavy atom. The minimum atomic E-state index is -0.260. The second-order valence-corrected chi connectivity index (χ2v) is 6.13. The fourth-order valence-corrected chi connectivity index (χ4v) is 2.99. The van der Waals surface area contributed by atoms with Crippen LogP contribution in [0.4, 0.5) is 5.69 Å². The number of amides is 1. The molecule has 6 nitrogen and oxygen atoms in total. The highest BCUT2D eigenvalue weighted by Crippen LogP contribution is 2.26. The topological polar surface area (TPSA) is 76.3 Å². The quantitative estimate of drug-likeness (QED) is 0.627. The van der Waals surface area contributed by atoms with Crippen LogP contribution in [0.2, 0.25) is 0 Å². The largest absolute Gasteiger partial charge is 0.497 e. The van der Waals surface area contributed by atoms with E-state index in [0.717, 1.165) is 16.5 Å². The van der Waals surface area contributed by atoms with Crippen LogP contribution in [-0.4, -0.2) is 24.7 Å². The first-order chi connectivity index (χ1) is 13.6. The van der Waals surface area contributed by atoms with Gasteiger partial charge in [-0.1, -0.05) is 18.2 Å². The van der Waals surface area contributed by atoms with E-state index in [1.807, 2.05) is 35.0 Å². The van der Waals surface area contributed by atoms with Gasteiger partial charge in [0.05, 0.1) is 26.7 Å². The van der Waals surface area contributed by atoms with Gasteiger partial charge in [-0.05, 0) is 12.1 Å². The summed E-state index contributed by atoms with van der Waals surface area (Å²) in [6.45, 7) is 0.612. The molecule has 6 heteroatoms. The molecule has 1 aromatic heterocycles. The number of para-hydroxylation sites is 1. The summed E-state index contributed by atoms with van der Waals surface area (Å²) in [6.07, 6.45) is 5.65. The van der Waals surface area contributed by atoms with Gasteiger partial charge in [0.25, 0.3) is 0 Å². The molecule has 0 saturated heterocycles. The molecule has 0 radical (unpaired) electrons. The summed E-state index contributed by atoms with van der Waals surface area (Å²) in [6, 6.07) is 15.3. The Kier molecular flexibility index (Phi) is 5.97. The van der Waals surface area contributed by atoms with Crippen molar-refractivity contribution in [1.29, 1.82) is 5.26 Å². The van der Waals surface area contributed by atoms with E-state index >= 15 is 0 Å². The van der Waals surface area contributed by atoms with Crippen molar-refractivity contribution in [3.63, 3.8) is 0 Å². The van der Waals surface area contributed by atoms with Gasteiger partial charge in [-0.2, -0.15) is 5.26 Å². The molecule has 3 rings (SSSR count). The third kappa shape index (κ3) is 4.33. The van der Waals surface area contributed by atoms with Crippen LogP contribution in [0, 0.1) is 11.3 Å². The number of benzene rings is 2. The number of ether oxygens (including phenoxy) is 2. The SMILES string of the molecule is COc1cc(NC(=O)/C=C/c2cn(CCC#N)c3ccccc23)cc(OC)c1. The number of fused-ring (bicyclic) bond motifs is 1. The molecule has 0 atom stereocenters. The Bertz CT molecular complexity index is 1040. The van der Waals surface area contributed by atoms with Crippen LogP contribution in [0.1, 0.15) is 12.0 Å². The fourth-order valence-electron chi connectivity index (χ4n) is 2.99. The molecule has 0 unspecified atom stereocenters. The smallest absolute Gasteiger partial charge is 0.248 e. The van der Waals surface area contributed by atoms with Crippen molar-refractivity contribution in [3.8, 4) is 17.6 Å². The molecule has 3 aromatic rings. The minimum absolute atomic E-state index is 0.260. The molecule has 1 amide bonds. The Balaban J connectivity index is 1.80. The van der Waals surface area contributed by atoms with E-state index in [0.29, 0.717) is 30.2 Å². The average Bonchev–Trinajstić information content (AvgIpc) is 3.08. The zero-order valence-electron chi connectivity index (χ0n) is 15.8. The number of rotatable bonds is 7. The maximum absolute atomic E-state index is 12.4. The molecule has 1 heterocycles. The average molecular weight is 375 g/mol. The summed E-state index contributed by atoms with van der Waals surface area (Å²) < 4.78 is 12.5. The molecular formula is C22H21N3O3. The van der Waals surface area contributed by atoms with E-state index in [1.165, 1.54) is 6.08 Å². The van der Waals surface area contributed by atoms with Crippen LogP contribution in [0.5, 0.6) is 11.5 Å². The zero-order valence-corrected chi connectivity index (χ0v) is 15.8. The van der Waals surface area contributed by atoms with E-state index < -0.39 is 0 Å². The lowest BCUT2D eigenvalue weighted by molar-refractivity contribution is -0.111. The highest BCUT2D eigenvalue weighted by Gasteiger charge is 2.07. The van der Waals surface area contributed by atoms with Gasteiger partial charge in [-0.25, -0.2) is 0 Å². The summed E-state index contributed by atoms with van der Waals surface area (Å²) in [7, 11) is 3.12. The number of nitrogens with one attached hydrogen (secondary N) is 1. The Morgan fingerprint density at radius 1 is 1.18 bits per heavy atom. The Hall–Kier alpha value is -3.72. The van der Waals surface area contributed by atoms with E-state index in [1.54, 1.807) is 38.5 Å². The highest BCUT2D eigenvalue weighted by atomic mass is 16.5. The second-order valence-electron chi connectivity index (χ2n) is 6.13. The van der Waals surface area contributed by atoms with Gasteiger partial charge in [-0.3, -0.25) is 4.79 Å². The number of aromatic nitrogens is 1. The number of carbonyl (C=O) groups excluding carboxylic acids is 1. The van der Waals surface area contributed by atoms with Gasteiger partial charge in [-0.15, -0.1) is 0 Å². The predicted molar refractivity (Wildman–Crippen MR) is 109 cm³/mol. The molecule has 0 saturated carbocycles. The monoisotopic (exact) mass is 375 g/mol. The van der Waals surface area contributed by atoms with Crippen LogP contribution >= 0.6 is 0 Å². The molecule has 1 N–H and O–H groups in total. The maximum Gasteiger partial charge on any atom is 0.248 e. The number of nitrogens with zero attached hydrogens (tertiary/aromatic N) is 2. The number of nitriles is 1. The van der Waals surface area contributed by atoms with E-state index in [4.69, 9.17) is 14.7 Å². The first kappa shape index (κ1) is 19.1. The number of aryl methyl sites for hydroxylation is 1. The number of hydrogen-bond donors (Lipinski definition) is 1. The number of methoxy groups -OCH3 is 2. The van der Waals surface area contributed by atoms with Crippen molar-refractivity contribution < 1.29 is 14.3 Å². The lowest BCUT2D eigenvalue weighted by atomic mass is 10.1. The molecule has 0 aliphatic carbocycles. The molecule has 28 heavy (non-hydrogen) atoms. The van der Waals surface area contributed by atoms with Gasteiger partial charge in [0.2, 0.25) is 5.91 Å². The molecule has 0 spiro atoms. The van der Waals surface area contributed by atoms with Gasteiger partial charge in [0, 0.05) is 59.2 Å². The van der Waals surface area contributed by atoms with Crippen molar-refractivity contribution in [2.75, 3.05) is 19.5 Å². The van der Waals surface area contributed by atoms with Crippen molar-refractivity contribution in [2.45, 2.75) is 13.0 Å². The van der Waals surface area contributed by atoms with Crippen LogP contribution in [-0.2, 0) is 11.3 Å². The normalized spacial score (nSPS) is 10.8.